The molecule has 0 unspecified atom stereocenters. The summed E-state index contributed by atoms with van der Waals surface area (Å²) >= 11 is 4.27. The van der Waals surface area contributed by atoms with Crippen LogP contribution in [0.5, 0.6) is 0 Å². The van der Waals surface area contributed by atoms with Crippen LogP contribution in [0, 0.1) is 5.41 Å². The minimum absolute atomic E-state index is 0.0324. The molecule has 0 radical (unpaired) electrons. The summed E-state index contributed by atoms with van der Waals surface area (Å²) in [6.45, 7) is 0.487. The van der Waals surface area contributed by atoms with Crippen LogP contribution in [0.4, 0.5) is 0 Å². The second-order valence-corrected chi connectivity index (χ2v) is 4.89. The molecule has 1 saturated carbocycles. The number of carbonyl (C=O) groups excluding carboxylic acids is 2. The van der Waals surface area contributed by atoms with Gasteiger partial charge in [-0.3, -0.25) is 9.59 Å². The lowest BCUT2D eigenvalue weighted by atomic mass is 10.0. The SMILES string of the molecule is CNC(=O)CCN(C)C(=O)CC1(CS)CC1. The highest BCUT2D eigenvalue weighted by atomic mass is 32.1. The van der Waals surface area contributed by atoms with Crippen molar-refractivity contribution in [3.8, 4) is 0 Å². The van der Waals surface area contributed by atoms with Gasteiger partial charge in [0.25, 0.3) is 0 Å². The van der Waals surface area contributed by atoms with Gasteiger partial charge in [-0.05, 0) is 24.0 Å². The topological polar surface area (TPSA) is 49.4 Å². The monoisotopic (exact) mass is 244 g/mol. The van der Waals surface area contributed by atoms with Crippen LogP contribution in [0.25, 0.3) is 0 Å². The second kappa shape index (κ2) is 5.57. The van der Waals surface area contributed by atoms with Crippen LogP contribution < -0.4 is 5.32 Å². The molecule has 1 rings (SSSR count). The summed E-state index contributed by atoms with van der Waals surface area (Å²) < 4.78 is 0. The molecular formula is C11H20N2O2S. The predicted octanol–water partition coefficient (Wildman–Crippen LogP) is 0.681. The van der Waals surface area contributed by atoms with Gasteiger partial charge >= 0.3 is 0 Å². The Hall–Kier alpha value is -0.710. The molecule has 1 fully saturated rings. The van der Waals surface area contributed by atoms with Gasteiger partial charge in [0.15, 0.2) is 0 Å². The Kier molecular flexibility index (Phi) is 4.65. The van der Waals surface area contributed by atoms with E-state index in [0.717, 1.165) is 18.6 Å². The summed E-state index contributed by atoms with van der Waals surface area (Å²) in [4.78, 5) is 24.5. The van der Waals surface area contributed by atoms with Gasteiger partial charge in [0.05, 0.1) is 0 Å². The van der Waals surface area contributed by atoms with Gasteiger partial charge < -0.3 is 10.2 Å². The summed E-state index contributed by atoms with van der Waals surface area (Å²) in [6.07, 6.45) is 3.14. The molecule has 0 bridgehead atoms. The zero-order chi connectivity index (χ0) is 12.2. The first-order chi connectivity index (χ1) is 7.53. The van der Waals surface area contributed by atoms with E-state index in [1.807, 2.05) is 0 Å². The molecule has 0 spiro atoms. The zero-order valence-electron chi connectivity index (χ0n) is 9.95. The van der Waals surface area contributed by atoms with Gasteiger partial charge in [0.1, 0.15) is 0 Å². The highest BCUT2D eigenvalue weighted by Crippen LogP contribution is 2.49. The molecule has 1 N–H and O–H groups in total. The van der Waals surface area contributed by atoms with Gasteiger partial charge in [0, 0.05) is 33.5 Å². The van der Waals surface area contributed by atoms with Crippen molar-refractivity contribution < 1.29 is 9.59 Å². The molecule has 0 saturated heterocycles. The number of carbonyl (C=O) groups is 2. The molecule has 16 heavy (non-hydrogen) atoms. The standard InChI is InChI=1S/C11H20N2O2S/c1-12-9(14)3-6-13(2)10(15)7-11(8-16)4-5-11/h16H,3-8H2,1-2H3,(H,12,14). The number of rotatable bonds is 6. The molecular weight excluding hydrogens is 224 g/mol. The number of amides is 2. The van der Waals surface area contributed by atoms with Crippen molar-refractivity contribution in [1.29, 1.82) is 0 Å². The van der Waals surface area contributed by atoms with Crippen LogP contribution >= 0.6 is 12.6 Å². The summed E-state index contributed by atoms with van der Waals surface area (Å²) in [6, 6.07) is 0. The summed E-state index contributed by atoms with van der Waals surface area (Å²) in [5, 5.41) is 2.54. The molecule has 0 aromatic rings. The summed E-state index contributed by atoms with van der Waals surface area (Å²) in [5.41, 5.74) is 0.154. The zero-order valence-corrected chi connectivity index (χ0v) is 10.8. The Balaban J connectivity index is 2.28. The van der Waals surface area contributed by atoms with Gasteiger partial charge in [-0.2, -0.15) is 12.6 Å². The van der Waals surface area contributed by atoms with Gasteiger partial charge in [-0.1, -0.05) is 0 Å². The largest absolute Gasteiger partial charge is 0.359 e. The van der Waals surface area contributed by atoms with Crippen molar-refractivity contribution in [1.82, 2.24) is 10.2 Å². The van der Waals surface area contributed by atoms with E-state index in [9.17, 15) is 9.59 Å². The van der Waals surface area contributed by atoms with E-state index in [1.54, 1.807) is 19.0 Å². The van der Waals surface area contributed by atoms with Crippen molar-refractivity contribution in [2.24, 2.45) is 5.41 Å². The second-order valence-electron chi connectivity index (χ2n) is 4.57. The Morgan fingerprint density at radius 1 is 1.44 bits per heavy atom. The summed E-state index contributed by atoms with van der Waals surface area (Å²) in [7, 11) is 3.35. The molecule has 0 heterocycles. The van der Waals surface area contributed by atoms with Crippen LogP contribution in [0.3, 0.4) is 0 Å². The number of nitrogens with one attached hydrogen (secondary N) is 1. The molecule has 5 heteroatoms. The number of hydrogen-bond acceptors (Lipinski definition) is 3. The quantitative estimate of drug-likeness (QED) is 0.675. The molecule has 2 amide bonds. The Morgan fingerprint density at radius 2 is 2.06 bits per heavy atom. The first-order valence-electron chi connectivity index (χ1n) is 5.58. The highest BCUT2D eigenvalue weighted by molar-refractivity contribution is 7.80. The molecule has 0 aromatic heterocycles. The summed E-state index contributed by atoms with van der Waals surface area (Å²) in [5.74, 6) is 0.868. The van der Waals surface area contributed by atoms with E-state index in [0.29, 0.717) is 19.4 Å². The van der Waals surface area contributed by atoms with Crippen LogP contribution in [-0.2, 0) is 9.59 Å². The van der Waals surface area contributed by atoms with Crippen LogP contribution in [0.1, 0.15) is 25.7 Å². The molecule has 92 valence electrons. The third kappa shape index (κ3) is 3.70. The maximum Gasteiger partial charge on any atom is 0.222 e. The number of nitrogens with zero attached hydrogens (tertiary/aromatic N) is 1. The van der Waals surface area contributed by atoms with Crippen LogP contribution in [-0.4, -0.2) is 43.1 Å². The van der Waals surface area contributed by atoms with E-state index in [-0.39, 0.29) is 17.2 Å². The van der Waals surface area contributed by atoms with Gasteiger partial charge in [-0.15, -0.1) is 0 Å². The predicted molar refractivity (Wildman–Crippen MR) is 66.5 cm³/mol. The first kappa shape index (κ1) is 13.4. The Bertz CT molecular complexity index is 277. The molecule has 4 nitrogen and oxygen atoms in total. The first-order valence-corrected chi connectivity index (χ1v) is 6.22. The van der Waals surface area contributed by atoms with Crippen LogP contribution in [0.15, 0.2) is 0 Å². The molecule has 1 aliphatic rings. The van der Waals surface area contributed by atoms with E-state index in [4.69, 9.17) is 0 Å². The number of hydrogen-bond donors (Lipinski definition) is 2. The van der Waals surface area contributed by atoms with Gasteiger partial charge in [0.2, 0.25) is 11.8 Å². The Labute approximate surface area is 102 Å². The van der Waals surface area contributed by atoms with E-state index < -0.39 is 0 Å². The molecule has 0 aromatic carbocycles. The maximum atomic E-state index is 11.8. The lowest BCUT2D eigenvalue weighted by Gasteiger charge is -2.19. The van der Waals surface area contributed by atoms with Crippen molar-refractivity contribution in [3.63, 3.8) is 0 Å². The van der Waals surface area contributed by atoms with Gasteiger partial charge in [-0.25, -0.2) is 0 Å². The highest BCUT2D eigenvalue weighted by Gasteiger charge is 2.43. The molecule has 1 aliphatic carbocycles. The van der Waals surface area contributed by atoms with E-state index >= 15 is 0 Å². The average Bonchev–Trinajstić information content (AvgIpc) is 3.05. The van der Waals surface area contributed by atoms with Crippen LogP contribution in [0.2, 0.25) is 0 Å². The Morgan fingerprint density at radius 3 is 2.50 bits per heavy atom. The smallest absolute Gasteiger partial charge is 0.222 e. The lowest BCUT2D eigenvalue weighted by Crippen LogP contribution is -2.33. The third-order valence-electron chi connectivity index (χ3n) is 3.20. The van der Waals surface area contributed by atoms with E-state index in [1.165, 1.54) is 0 Å². The maximum absolute atomic E-state index is 11.8. The number of thiol groups is 1. The minimum Gasteiger partial charge on any atom is -0.359 e. The molecule has 0 aliphatic heterocycles. The third-order valence-corrected chi connectivity index (χ3v) is 3.87. The van der Waals surface area contributed by atoms with Crippen molar-refractivity contribution in [3.05, 3.63) is 0 Å². The average molecular weight is 244 g/mol. The minimum atomic E-state index is -0.0324. The lowest BCUT2D eigenvalue weighted by molar-refractivity contribution is -0.131. The van der Waals surface area contributed by atoms with Crippen molar-refractivity contribution in [2.45, 2.75) is 25.7 Å². The fourth-order valence-corrected chi connectivity index (χ4v) is 1.97. The fourth-order valence-electron chi connectivity index (χ4n) is 1.54. The molecule has 0 atom stereocenters. The van der Waals surface area contributed by atoms with Crippen molar-refractivity contribution in [2.75, 3.05) is 26.4 Å². The van der Waals surface area contributed by atoms with Crippen molar-refractivity contribution >= 4 is 24.4 Å². The fraction of sp³-hybridized carbons (Fsp3) is 0.818. The normalized spacial score (nSPS) is 16.7. The van der Waals surface area contributed by atoms with E-state index in [2.05, 4.69) is 17.9 Å².